The molecule has 0 aliphatic carbocycles. The largest absolute Gasteiger partial charge is 0.462 e. The maximum absolute atomic E-state index is 12.9. The van der Waals surface area contributed by atoms with Crippen LogP contribution in [-0.4, -0.2) is 37.2 Å². The van der Waals surface area contributed by atoms with Crippen molar-refractivity contribution in [3.05, 3.63) is 72.9 Å². The van der Waals surface area contributed by atoms with Crippen LogP contribution in [0.25, 0.3) is 0 Å². The molecule has 0 fully saturated rings. The third kappa shape index (κ3) is 57.7. The van der Waals surface area contributed by atoms with E-state index in [1.54, 1.807) is 0 Å². The van der Waals surface area contributed by atoms with Crippen LogP contribution >= 0.6 is 0 Å². The fourth-order valence-electron chi connectivity index (χ4n) is 8.78. The van der Waals surface area contributed by atoms with E-state index in [-0.39, 0.29) is 31.1 Å². The Hall–Kier alpha value is -3.15. The summed E-state index contributed by atoms with van der Waals surface area (Å²) in [5.41, 5.74) is 0. The highest BCUT2D eigenvalue weighted by molar-refractivity contribution is 5.71. The number of esters is 3. The van der Waals surface area contributed by atoms with Crippen molar-refractivity contribution >= 4 is 17.9 Å². The highest BCUT2D eigenvalue weighted by Gasteiger charge is 2.19. The van der Waals surface area contributed by atoms with Gasteiger partial charge in [-0.2, -0.15) is 0 Å². The van der Waals surface area contributed by atoms with Gasteiger partial charge in [0.05, 0.1) is 0 Å². The molecule has 0 saturated heterocycles. The summed E-state index contributed by atoms with van der Waals surface area (Å²) in [5, 5.41) is 0. The number of allylic oxidation sites excluding steroid dienone is 12. The molecule has 0 spiro atoms. The van der Waals surface area contributed by atoms with Crippen molar-refractivity contribution < 1.29 is 28.6 Å². The van der Waals surface area contributed by atoms with Gasteiger partial charge in [0.1, 0.15) is 13.2 Å². The van der Waals surface area contributed by atoms with Crippen LogP contribution < -0.4 is 0 Å². The Balaban J connectivity index is 4.35. The van der Waals surface area contributed by atoms with Crippen LogP contribution in [0.4, 0.5) is 0 Å². The lowest BCUT2D eigenvalue weighted by Gasteiger charge is -2.18. The molecule has 416 valence electrons. The number of rotatable bonds is 56. The number of ether oxygens (including phenoxy) is 3. The lowest BCUT2D eigenvalue weighted by Crippen LogP contribution is -2.30. The molecule has 0 aliphatic heterocycles. The molecule has 0 heterocycles. The van der Waals surface area contributed by atoms with Gasteiger partial charge in [0.2, 0.25) is 0 Å². The molecule has 0 rings (SSSR count). The molecule has 0 amide bonds. The van der Waals surface area contributed by atoms with Gasteiger partial charge >= 0.3 is 17.9 Å². The van der Waals surface area contributed by atoms with Crippen LogP contribution in [0.1, 0.15) is 310 Å². The zero-order valence-corrected chi connectivity index (χ0v) is 47.7. The smallest absolute Gasteiger partial charge is 0.306 e. The second kappa shape index (κ2) is 60.4. The van der Waals surface area contributed by atoms with Gasteiger partial charge in [-0.1, -0.05) is 254 Å². The van der Waals surface area contributed by atoms with Gasteiger partial charge in [-0.05, 0) is 109 Å². The van der Waals surface area contributed by atoms with E-state index in [9.17, 15) is 14.4 Å². The van der Waals surface area contributed by atoms with E-state index in [1.165, 1.54) is 167 Å². The molecule has 1 atom stereocenters. The summed E-state index contributed by atoms with van der Waals surface area (Å²) in [5.74, 6) is -0.890. The Kier molecular flexibility index (Phi) is 57.8. The summed E-state index contributed by atoms with van der Waals surface area (Å²) in [6.45, 7) is 6.53. The summed E-state index contributed by atoms with van der Waals surface area (Å²) >= 11 is 0. The first-order valence-electron chi connectivity index (χ1n) is 30.9. The molecule has 0 radical (unpaired) electrons. The Morgan fingerprint density at radius 3 is 0.861 bits per heavy atom. The van der Waals surface area contributed by atoms with Crippen molar-refractivity contribution in [3.8, 4) is 0 Å². The van der Waals surface area contributed by atoms with E-state index in [4.69, 9.17) is 14.2 Å². The van der Waals surface area contributed by atoms with E-state index in [1.807, 2.05) is 0 Å². The van der Waals surface area contributed by atoms with Crippen molar-refractivity contribution in [1.82, 2.24) is 0 Å². The molecule has 1 unspecified atom stereocenters. The molecule has 0 bridgehead atoms. The van der Waals surface area contributed by atoms with E-state index < -0.39 is 6.10 Å². The molecule has 0 aromatic heterocycles. The Morgan fingerprint density at radius 1 is 0.292 bits per heavy atom. The van der Waals surface area contributed by atoms with Crippen LogP contribution in [0, 0.1) is 0 Å². The second-order valence-electron chi connectivity index (χ2n) is 20.6. The quantitative estimate of drug-likeness (QED) is 0.0261. The molecule has 0 N–H and O–H groups in total. The standard InChI is InChI=1S/C66H116O6/c1-4-7-10-13-16-19-22-25-28-30-31-32-33-34-35-36-39-41-44-47-50-53-56-59-65(68)71-62-63(61-70-64(67)58-55-52-49-46-43-40-37-27-24-21-18-15-12-9-6-3)72-66(69)60-57-54-51-48-45-42-38-29-26-23-20-17-14-11-8-5-2/h7,10,16,19,25,27-29,31-32,37-38,63H,4-6,8-9,11-15,17-18,20-24,26,30,33-36,39-62H2,1-3H3/b10-7-,19-16-,28-25-,32-31-,37-27-,38-29-. The normalized spacial score (nSPS) is 12.5. The van der Waals surface area contributed by atoms with Crippen LogP contribution in [0.2, 0.25) is 0 Å². The van der Waals surface area contributed by atoms with Gasteiger partial charge < -0.3 is 14.2 Å². The van der Waals surface area contributed by atoms with E-state index in [0.29, 0.717) is 19.3 Å². The molecule has 6 nitrogen and oxygen atoms in total. The van der Waals surface area contributed by atoms with Gasteiger partial charge in [0.15, 0.2) is 6.10 Å². The minimum absolute atomic E-state index is 0.0822. The predicted octanol–water partition coefficient (Wildman–Crippen LogP) is 20.9. The first-order chi connectivity index (χ1) is 35.5. The van der Waals surface area contributed by atoms with Gasteiger partial charge in [-0.15, -0.1) is 0 Å². The minimum Gasteiger partial charge on any atom is -0.462 e. The van der Waals surface area contributed by atoms with Crippen molar-refractivity contribution in [2.24, 2.45) is 0 Å². The summed E-state index contributed by atoms with van der Waals surface area (Å²) in [7, 11) is 0. The molecule has 0 aliphatic rings. The zero-order chi connectivity index (χ0) is 52.2. The zero-order valence-electron chi connectivity index (χ0n) is 47.7. The summed E-state index contributed by atoms with van der Waals surface area (Å²) in [6, 6.07) is 0. The lowest BCUT2D eigenvalue weighted by molar-refractivity contribution is -0.167. The fourth-order valence-corrected chi connectivity index (χ4v) is 8.78. The average molecular weight is 1010 g/mol. The van der Waals surface area contributed by atoms with Gasteiger partial charge in [-0.3, -0.25) is 14.4 Å². The van der Waals surface area contributed by atoms with Gasteiger partial charge in [-0.25, -0.2) is 0 Å². The highest BCUT2D eigenvalue weighted by atomic mass is 16.6. The maximum Gasteiger partial charge on any atom is 0.306 e. The average Bonchev–Trinajstić information content (AvgIpc) is 3.38. The minimum atomic E-state index is -0.785. The summed E-state index contributed by atoms with van der Waals surface area (Å²) < 4.78 is 16.9. The highest BCUT2D eigenvalue weighted by Crippen LogP contribution is 2.16. The molecule has 0 aromatic carbocycles. The maximum atomic E-state index is 12.9. The molecule has 0 saturated carbocycles. The molecular weight excluding hydrogens is 889 g/mol. The van der Waals surface area contributed by atoms with Gasteiger partial charge in [0.25, 0.3) is 0 Å². The lowest BCUT2D eigenvalue weighted by atomic mass is 10.1. The number of hydrogen-bond acceptors (Lipinski definition) is 6. The number of unbranched alkanes of at least 4 members (excludes halogenated alkanes) is 33. The Labute approximate surface area is 446 Å². The number of carbonyl (C=O) groups is 3. The third-order valence-corrected chi connectivity index (χ3v) is 13.4. The van der Waals surface area contributed by atoms with Crippen LogP contribution in [0.5, 0.6) is 0 Å². The Morgan fingerprint density at radius 2 is 0.542 bits per heavy atom. The van der Waals surface area contributed by atoms with Crippen LogP contribution in [-0.2, 0) is 28.6 Å². The van der Waals surface area contributed by atoms with Crippen molar-refractivity contribution in [2.45, 2.75) is 316 Å². The van der Waals surface area contributed by atoms with Crippen LogP contribution in [0.3, 0.4) is 0 Å². The monoisotopic (exact) mass is 1000 g/mol. The number of hydrogen-bond donors (Lipinski definition) is 0. The topological polar surface area (TPSA) is 78.9 Å². The summed E-state index contributed by atoms with van der Waals surface area (Å²) in [4.78, 5) is 38.3. The first kappa shape index (κ1) is 68.8. The van der Waals surface area contributed by atoms with Crippen molar-refractivity contribution in [1.29, 1.82) is 0 Å². The fraction of sp³-hybridized carbons (Fsp3) is 0.773. The molecular formula is C66H116O6. The van der Waals surface area contributed by atoms with Crippen molar-refractivity contribution in [3.63, 3.8) is 0 Å². The van der Waals surface area contributed by atoms with E-state index in [0.717, 1.165) is 103 Å². The van der Waals surface area contributed by atoms with E-state index >= 15 is 0 Å². The van der Waals surface area contributed by atoms with Crippen LogP contribution in [0.15, 0.2) is 72.9 Å². The molecule has 6 heteroatoms. The molecule has 72 heavy (non-hydrogen) atoms. The second-order valence-corrected chi connectivity index (χ2v) is 20.6. The summed E-state index contributed by atoms with van der Waals surface area (Å²) in [6.07, 6.45) is 77.5. The van der Waals surface area contributed by atoms with Crippen molar-refractivity contribution in [2.75, 3.05) is 13.2 Å². The van der Waals surface area contributed by atoms with E-state index in [2.05, 4.69) is 93.7 Å². The first-order valence-corrected chi connectivity index (χ1v) is 30.9. The number of carbonyl (C=O) groups excluding carboxylic acids is 3. The predicted molar refractivity (Wildman–Crippen MR) is 311 cm³/mol. The third-order valence-electron chi connectivity index (χ3n) is 13.4. The SMILES string of the molecule is CC/C=C\C/C=C\C/C=C\C/C=C\CCCCCCCCCCCCC(=O)OCC(COC(=O)CCCCCCC/C=C\CCCCCCCC)OC(=O)CCCCCCC/C=C\CCCCCCCCC. The van der Waals surface area contributed by atoms with Gasteiger partial charge in [0, 0.05) is 19.3 Å². The Bertz CT molecular complexity index is 1340. The molecule has 0 aromatic rings.